The summed E-state index contributed by atoms with van der Waals surface area (Å²) in [6, 6.07) is 3.92. The Morgan fingerprint density at radius 3 is 2.12 bits per heavy atom. The van der Waals surface area contributed by atoms with Gasteiger partial charge in [-0.05, 0) is 68.9 Å². The van der Waals surface area contributed by atoms with Crippen LogP contribution in [0.25, 0.3) is 0 Å². The highest BCUT2D eigenvalue weighted by Gasteiger charge is 2.39. The molecule has 1 aromatic heterocycles. The fourth-order valence-electron chi connectivity index (χ4n) is 7.77. The zero-order valence-electron chi connectivity index (χ0n) is 38.3. The molecule has 14 nitrogen and oxygen atoms in total. The van der Waals surface area contributed by atoms with E-state index in [1.54, 1.807) is 50.1 Å². The van der Waals surface area contributed by atoms with Gasteiger partial charge in [-0.3, -0.25) is 19.3 Å². The van der Waals surface area contributed by atoms with Crippen LogP contribution in [0, 0.1) is 46.8 Å². The molecule has 1 fully saturated rings. The molecule has 7 atom stereocenters. The molecule has 20 heteroatoms. The Bertz CT molecular complexity index is 2180. The molecule has 0 radical (unpaired) electrons. The van der Waals surface area contributed by atoms with Crippen LogP contribution >= 0.6 is 11.3 Å². The number of halogens is 5. The third kappa shape index (κ3) is 13.5. The third-order valence-corrected chi connectivity index (χ3v) is 12.9. The summed E-state index contributed by atoms with van der Waals surface area (Å²) in [6.07, 6.45) is 0.102. The Kier molecular flexibility index (Phi) is 18.6. The van der Waals surface area contributed by atoms with Gasteiger partial charge < -0.3 is 35.6 Å². The van der Waals surface area contributed by atoms with Gasteiger partial charge in [-0.25, -0.2) is 27.7 Å². The van der Waals surface area contributed by atoms with Gasteiger partial charge in [-0.15, -0.1) is 11.3 Å². The Morgan fingerprint density at radius 1 is 0.955 bits per heavy atom. The van der Waals surface area contributed by atoms with Crippen LogP contribution in [0.3, 0.4) is 0 Å². The average molecular weight is 954 g/mol. The minimum Gasteiger partial charge on any atom is -0.481 e. The highest BCUT2D eigenvalue weighted by Crippen LogP contribution is 2.32. The third-order valence-electron chi connectivity index (χ3n) is 11.9. The number of carbonyl (C=O) groups is 5. The minimum absolute atomic E-state index is 0.0152. The van der Waals surface area contributed by atoms with Crippen LogP contribution in [-0.2, 0) is 32.0 Å². The summed E-state index contributed by atoms with van der Waals surface area (Å²) in [7, 11) is 1.67. The predicted octanol–water partition coefficient (Wildman–Crippen LogP) is 7.49. The van der Waals surface area contributed by atoms with Crippen molar-refractivity contribution in [1.82, 2.24) is 20.1 Å². The van der Waals surface area contributed by atoms with E-state index in [9.17, 15) is 56.1 Å². The molecular formula is C46H60F5N5O9S. The molecule has 3 amide bonds. The second-order valence-corrected chi connectivity index (χ2v) is 18.9. The first-order chi connectivity index (χ1) is 30.9. The number of aliphatic hydroxyl groups is 1. The summed E-state index contributed by atoms with van der Waals surface area (Å²) >= 11 is 1.09. The molecule has 2 heterocycles. The quantitative estimate of drug-likeness (QED) is 0.0288. The molecule has 1 aliphatic rings. The normalized spacial score (nSPS) is 17.0. The van der Waals surface area contributed by atoms with Crippen molar-refractivity contribution in [2.45, 2.75) is 136 Å². The highest BCUT2D eigenvalue weighted by atomic mass is 32.1. The van der Waals surface area contributed by atoms with E-state index in [4.69, 9.17) is 10.5 Å². The van der Waals surface area contributed by atoms with Gasteiger partial charge in [0.2, 0.25) is 40.7 Å². The monoisotopic (exact) mass is 953 g/mol. The molecule has 1 saturated heterocycles. The number of likely N-dealkylation sites (tertiary alicyclic amines) is 1. The predicted molar refractivity (Wildman–Crippen MR) is 234 cm³/mol. The first-order valence-electron chi connectivity index (χ1n) is 21.9. The van der Waals surface area contributed by atoms with E-state index >= 15 is 0 Å². The largest absolute Gasteiger partial charge is 0.481 e. The summed E-state index contributed by atoms with van der Waals surface area (Å²) < 4.78 is 80.0. The van der Waals surface area contributed by atoms with Crippen molar-refractivity contribution in [2.75, 3.05) is 13.6 Å². The van der Waals surface area contributed by atoms with Crippen LogP contribution in [0.5, 0.6) is 5.75 Å². The number of likely N-dealkylation sites (N-methyl/N-ethyl adjacent to an activating group) is 1. The molecule has 4 rings (SSSR count). The number of piperidine rings is 1. The van der Waals surface area contributed by atoms with E-state index in [1.807, 2.05) is 27.7 Å². The lowest BCUT2D eigenvalue weighted by Gasteiger charge is -2.36. The number of amides is 3. The van der Waals surface area contributed by atoms with Crippen molar-refractivity contribution < 1.29 is 65.6 Å². The van der Waals surface area contributed by atoms with Crippen LogP contribution in [-0.4, -0.2) is 98.2 Å². The average Bonchev–Trinajstić information content (AvgIpc) is 3.78. The molecule has 364 valence electrons. The first-order valence-corrected chi connectivity index (χ1v) is 22.7. The molecule has 0 spiro atoms. The lowest BCUT2D eigenvalue weighted by molar-refractivity contribution is -0.142. The van der Waals surface area contributed by atoms with Crippen LogP contribution < -0.4 is 15.8 Å². The van der Waals surface area contributed by atoms with Gasteiger partial charge in [0.1, 0.15) is 28.4 Å². The molecule has 5 N–H and O–H groups in total. The number of ether oxygens (including phenoxy) is 2. The van der Waals surface area contributed by atoms with Crippen molar-refractivity contribution in [2.24, 2.45) is 23.5 Å². The Morgan fingerprint density at radius 2 is 1.55 bits per heavy atom. The van der Waals surface area contributed by atoms with Crippen LogP contribution in [0.15, 0.2) is 29.6 Å². The Hall–Kier alpha value is -5.21. The van der Waals surface area contributed by atoms with Gasteiger partial charge in [0.15, 0.2) is 0 Å². The number of aromatic nitrogens is 1. The zero-order valence-corrected chi connectivity index (χ0v) is 39.2. The molecule has 0 unspecified atom stereocenters. The number of hydrogen-bond acceptors (Lipinski definition) is 11. The number of nitrogens with one attached hydrogen (secondary N) is 1. The molecule has 1 aliphatic heterocycles. The number of benzene rings is 2. The van der Waals surface area contributed by atoms with E-state index in [-0.39, 0.29) is 73.1 Å². The van der Waals surface area contributed by atoms with Crippen molar-refractivity contribution in [1.29, 1.82) is 0 Å². The summed E-state index contributed by atoms with van der Waals surface area (Å²) in [5.41, 5.74) is 6.51. The summed E-state index contributed by atoms with van der Waals surface area (Å²) in [5.74, 6) is -17.6. The smallest absolute Gasteiger partial charge is 0.411 e. The maximum Gasteiger partial charge on any atom is 0.411 e. The number of carboxylic acids is 1. The number of hydrogen-bond donors (Lipinski definition) is 4. The molecule has 66 heavy (non-hydrogen) atoms. The van der Waals surface area contributed by atoms with Crippen molar-refractivity contribution in [3.8, 4) is 5.75 Å². The SMILES string of the molecule is CC[C@H](C)[C@H](N)C(=O)N(C)[C@H](C[C@@H](O)c1nc(C(=O)N[C@@H](Cc2ccc(CC(C)(C)OC(=O)N3CCCC[C@@H]3C(=O)Oc3c(F)c(F)c(F)c(F)c3F)cc2)C[C@H](C)C(=O)O)cs1)C(C)C. The standard InChI is InChI=1S/C46H60F5N5O9S/c1-9-24(4)38(52)42(59)55(8)31(23(2)3)20-32(57)41-54-29(22-66-41)40(58)53-28(18-25(5)43(60)61)19-26-13-15-27(16-14-26)21-46(6,7)65-45(63)56-17-11-10-12-30(56)44(62)64-39-36(50)34(48)33(47)35(49)37(39)51/h13-16,22-25,28,30-32,38,57H,9-12,17-21,52H2,1-8H3,(H,53,58)(H,60,61)/t24-,25-,28+,30+,31+,32+,38-/m0/s1. The fourth-order valence-corrected chi connectivity index (χ4v) is 8.56. The number of thiazole rings is 1. The number of aliphatic carboxylic acids is 1. The Balaban J connectivity index is 1.40. The summed E-state index contributed by atoms with van der Waals surface area (Å²) in [6.45, 7) is 12.5. The van der Waals surface area contributed by atoms with Gasteiger partial charge in [0.25, 0.3) is 5.91 Å². The van der Waals surface area contributed by atoms with Crippen molar-refractivity contribution in [3.05, 3.63) is 80.6 Å². The number of nitrogens with zero attached hydrogens (tertiary/aromatic N) is 3. The second-order valence-electron chi connectivity index (χ2n) is 18.0. The molecule has 0 saturated carbocycles. The summed E-state index contributed by atoms with van der Waals surface area (Å²) in [5, 5.41) is 25.6. The number of aliphatic hydroxyl groups excluding tert-OH is 1. The van der Waals surface area contributed by atoms with Gasteiger partial charge in [0.05, 0.1) is 12.0 Å². The first kappa shape index (κ1) is 53.4. The number of rotatable bonds is 20. The molecule has 3 aromatic rings. The van der Waals surface area contributed by atoms with Gasteiger partial charge in [0, 0.05) is 43.9 Å². The lowest BCUT2D eigenvalue weighted by Crippen LogP contribution is -2.51. The zero-order chi connectivity index (χ0) is 49.4. The maximum atomic E-state index is 14.3. The highest BCUT2D eigenvalue weighted by molar-refractivity contribution is 7.09. The molecule has 0 aliphatic carbocycles. The van der Waals surface area contributed by atoms with E-state index in [2.05, 4.69) is 15.0 Å². The van der Waals surface area contributed by atoms with Gasteiger partial charge >= 0.3 is 18.0 Å². The number of nitrogens with two attached hydrogens (primary N) is 1. The van der Waals surface area contributed by atoms with E-state index < -0.39 is 94.5 Å². The molecular weight excluding hydrogens is 894 g/mol. The molecule has 2 aromatic carbocycles. The maximum absolute atomic E-state index is 14.3. The fraction of sp³-hybridized carbons (Fsp3) is 0.565. The summed E-state index contributed by atoms with van der Waals surface area (Å²) in [4.78, 5) is 72.0. The minimum atomic E-state index is -2.42. The molecule has 0 bridgehead atoms. The van der Waals surface area contributed by atoms with E-state index in [1.165, 1.54) is 12.3 Å². The van der Waals surface area contributed by atoms with Crippen LogP contribution in [0.4, 0.5) is 26.7 Å². The lowest BCUT2D eigenvalue weighted by atomic mass is 9.93. The number of carboxylic acid groups (broad SMARTS) is 1. The number of carbonyl (C=O) groups excluding carboxylic acids is 4. The second kappa shape index (κ2) is 23.0. The van der Waals surface area contributed by atoms with Gasteiger partial charge in [-0.1, -0.05) is 65.3 Å². The van der Waals surface area contributed by atoms with E-state index in [0.29, 0.717) is 18.4 Å². The van der Waals surface area contributed by atoms with Crippen LogP contribution in [0.1, 0.15) is 120 Å². The van der Waals surface area contributed by atoms with Crippen molar-refractivity contribution >= 4 is 41.2 Å². The Labute approximate surface area is 385 Å². The van der Waals surface area contributed by atoms with Crippen LogP contribution in [0.2, 0.25) is 0 Å². The van der Waals surface area contributed by atoms with Gasteiger partial charge in [-0.2, -0.15) is 8.78 Å². The topological polar surface area (TPSA) is 202 Å². The number of esters is 1. The van der Waals surface area contributed by atoms with Crippen molar-refractivity contribution in [3.63, 3.8) is 0 Å². The van der Waals surface area contributed by atoms with E-state index in [0.717, 1.165) is 28.2 Å².